The topological polar surface area (TPSA) is 54.1 Å². The highest BCUT2D eigenvalue weighted by Crippen LogP contribution is 2.14. The third-order valence-electron chi connectivity index (χ3n) is 1.69. The highest BCUT2D eigenvalue weighted by molar-refractivity contribution is 6.13. The second kappa shape index (κ2) is 4.30. The number of methoxy groups -OCH3 is 1. The van der Waals surface area contributed by atoms with Crippen LogP contribution in [0.3, 0.4) is 0 Å². The van der Waals surface area contributed by atoms with E-state index in [9.17, 15) is 4.79 Å². The van der Waals surface area contributed by atoms with E-state index in [4.69, 9.17) is 16.5 Å². The van der Waals surface area contributed by atoms with Crippen molar-refractivity contribution in [2.24, 2.45) is 0 Å². The minimum atomic E-state index is -0.176. The number of aromatic amines is 1. The molecule has 4 nitrogen and oxygen atoms in total. The molecule has 0 radical (unpaired) electrons. The van der Waals surface area contributed by atoms with Crippen molar-refractivity contribution >= 4 is 11.8 Å². The Hall–Kier alpha value is -1.00. The molecule has 0 aliphatic heterocycles. The Morgan fingerprint density at radius 1 is 1.69 bits per heavy atom. The smallest absolute Gasteiger partial charge is 0.256 e. The van der Waals surface area contributed by atoms with Gasteiger partial charge in [0.2, 0.25) is 0 Å². The summed E-state index contributed by atoms with van der Waals surface area (Å²) in [7, 11) is 1.52. The fraction of sp³-hybridized carbons (Fsp3) is 0.375. The van der Waals surface area contributed by atoms with Gasteiger partial charge in [0, 0.05) is 12.2 Å². The van der Waals surface area contributed by atoms with E-state index in [1.165, 1.54) is 7.11 Å². The highest BCUT2D eigenvalue weighted by Gasteiger charge is 2.07. The van der Waals surface area contributed by atoms with Gasteiger partial charge >= 0.3 is 0 Å². The van der Waals surface area contributed by atoms with Crippen molar-refractivity contribution in [3.8, 4) is 5.75 Å². The Morgan fingerprint density at radius 2 is 2.38 bits per heavy atom. The highest BCUT2D eigenvalue weighted by atomic mass is 35.5. The molecule has 72 valence electrons. The molecule has 0 spiro atoms. The molecule has 0 fully saturated rings. The van der Waals surface area contributed by atoms with Gasteiger partial charge in [0.15, 0.2) is 0 Å². The summed E-state index contributed by atoms with van der Waals surface area (Å²) in [5, 5.41) is 0. The number of nitrogens with one attached hydrogen (secondary N) is 2. The number of hydrogen-bond acceptors (Lipinski definition) is 3. The van der Waals surface area contributed by atoms with Gasteiger partial charge in [-0.15, -0.1) is 0 Å². The van der Waals surface area contributed by atoms with E-state index in [2.05, 4.69) is 9.82 Å². The first-order chi connectivity index (χ1) is 6.19. The van der Waals surface area contributed by atoms with Crippen molar-refractivity contribution in [3.05, 3.63) is 27.7 Å². The van der Waals surface area contributed by atoms with Gasteiger partial charge in [0.05, 0.1) is 12.7 Å². The molecule has 0 aliphatic rings. The molecule has 0 aliphatic carbocycles. The first kappa shape index (κ1) is 10.1. The number of halogens is 1. The van der Waals surface area contributed by atoms with Crippen molar-refractivity contribution < 1.29 is 4.74 Å². The van der Waals surface area contributed by atoms with Crippen LogP contribution in [-0.4, -0.2) is 12.1 Å². The summed E-state index contributed by atoms with van der Waals surface area (Å²) in [5.74, 6) is 0.550. The lowest BCUT2D eigenvalue weighted by Crippen LogP contribution is -2.18. The van der Waals surface area contributed by atoms with Crippen LogP contribution in [0.4, 0.5) is 0 Å². The molecule has 0 aromatic carbocycles. The second-order valence-electron chi connectivity index (χ2n) is 2.64. The van der Waals surface area contributed by atoms with E-state index >= 15 is 0 Å². The van der Waals surface area contributed by atoms with Crippen LogP contribution in [0.1, 0.15) is 11.3 Å². The van der Waals surface area contributed by atoms with Gasteiger partial charge in [-0.05, 0) is 24.8 Å². The molecule has 1 aromatic rings. The molecule has 0 atom stereocenters. The maximum atomic E-state index is 11.4. The van der Waals surface area contributed by atoms with Gasteiger partial charge < -0.3 is 9.72 Å². The molecule has 0 saturated heterocycles. The van der Waals surface area contributed by atoms with Gasteiger partial charge in [-0.2, -0.15) is 0 Å². The standard InChI is InChI=1S/C8H11ClN2O2/c1-5-3-7(13-2)6(4-10-9)8(12)11-5/h3,10H,4H2,1-2H3,(H,11,12). The van der Waals surface area contributed by atoms with Crippen LogP contribution in [0.15, 0.2) is 10.9 Å². The van der Waals surface area contributed by atoms with Crippen molar-refractivity contribution in [2.75, 3.05) is 7.11 Å². The number of hydrogen-bond donors (Lipinski definition) is 2. The molecule has 1 aromatic heterocycles. The Bertz CT molecular complexity index is 348. The zero-order chi connectivity index (χ0) is 9.84. The van der Waals surface area contributed by atoms with E-state index in [-0.39, 0.29) is 12.1 Å². The molecule has 0 bridgehead atoms. The summed E-state index contributed by atoms with van der Waals surface area (Å²) in [6.45, 7) is 2.07. The summed E-state index contributed by atoms with van der Waals surface area (Å²) in [4.78, 5) is 16.4. The number of ether oxygens (including phenoxy) is 1. The zero-order valence-corrected chi connectivity index (χ0v) is 8.23. The normalized spacial score (nSPS) is 10.1. The maximum Gasteiger partial charge on any atom is 0.256 e. The number of aryl methyl sites for hydroxylation is 1. The van der Waals surface area contributed by atoms with E-state index in [0.717, 1.165) is 5.69 Å². The van der Waals surface area contributed by atoms with E-state index in [1.54, 1.807) is 13.0 Å². The molecule has 2 N–H and O–H groups in total. The van der Waals surface area contributed by atoms with E-state index in [0.29, 0.717) is 11.3 Å². The monoisotopic (exact) mass is 202 g/mol. The van der Waals surface area contributed by atoms with Crippen molar-refractivity contribution in [1.29, 1.82) is 0 Å². The number of H-pyrrole nitrogens is 1. The molecule has 13 heavy (non-hydrogen) atoms. The summed E-state index contributed by atoms with van der Waals surface area (Å²) < 4.78 is 5.04. The molecule has 1 heterocycles. The first-order valence-corrected chi connectivity index (χ1v) is 4.17. The van der Waals surface area contributed by atoms with Gasteiger partial charge in [-0.1, -0.05) is 0 Å². The van der Waals surface area contributed by atoms with E-state index in [1.807, 2.05) is 0 Å². The minimum absolute atomic E-state index is 0.176. The number of pyridine rings is 1. The lowest BCUT2D eigenvalue weighted by atomic mass is 10.2. The van der Waals surface area contributed by atoms with Gasteiger partial charge in [0.25, 0.3) is 5.56 Å². The molecular weight excluding hydrogens is 192 g/mol. The van der Waals surface area contributed by atoms with Crippen LogP contribution in [-0.2, 0) is 6.54 Å². The SMILES string of the molecule is COc1cc(C)[nH]c(=O)c1CNCl. The Kier molecular flexibility index (Phi) is 3.33. The Morgan fingerprint density at radius 3 is 2.92 bits per heavy atom. The Balaban J connectivity index is 3.22. The predicted octanol–water partition coefficient (Wildman–Crippen LogP) is 0.935. The first-order valence-electron chi connectivity index (χ1n) is 3.79. The summed E-state index contributed by atoms with van der Waals surface area (Å²) in [6.07, 6.45) is 0. The largest absolute Gasteiger partial charge is 0.496 e. The lowest BCUT2D eigenvalue weighted by Gasteiger charge is -2.06. The van der Waals surface area contributed by atoms with Gasteiger partial charge in [-0.25, -0.2) is 4.84 Å². The van der Waals surface area contributed by atoms with Crippen molar-refractivity contribution in [3.63, 3.8) is 0 Å². The van der Waals surface area contributed by atoms with Crippen LogP contribution in [0, 0.1) is 6.92 Å². The second-order valence-corrected chi connectivity index (χ2v) is 2.91. The average molecular weight is 203 g/mol. The fourth-order valence-corrected chi connectivity index (χ4v) is 1.24. The van der Waals surface area contributed by atoms with Gasteiger partial charge in [-0.3, -0.25) is 4.79 Å². The quantitative estimate of drug-likeness (QED) is 0.718. The summed E-state index contributed by atoms with van der Waals surface area (Å²) in [6, 6.07) is 1.75. The molecule has 0 saturated carbocycles. The average Bonchev–Trinajstić information content (AvgIpc) is 2.09. The van der Waals surface area contributed by atoms with Crippen LogP contribution in [0.5, 0.6) is 5.75 Å². The van der Waals surface area contributed by atoms with Crippen LogP contribution < -0.4 is 15.1 Å². The molecular formula is C8H11ClN2O2. The third kappa shape index (κ3) is 2.23. The lowest BCUT2D eigenvalue weighted by molar-refractivity contribution is 0.407. The molecule has 5 heteroatoms. The van der Waals surface area contributed by atoms with Crippen LogP contribution in [0.2, 0.25) is 0 Å². The van der Waals surface area contributed by atoms with Gasteiger partial charge in [0.1, 0.15) is 5.75 Å². The fourth-order valence-electron chi connectivity index (χ4n) is 1.10. The predicted molar refractivity (Wildman–Crippen MR) is 51.0 cm³/mol. The third-order valence-corrected chi connectivity index (χ3v) is 1.83. The number of aromatic nitrogens is 1. The molecule has 1 rings (SSSR count). The van der Waals surface area contributed by atoms with E-state index < -0.39 is 0 Å². The van der Waals surface area contributed by atoms with Crippen LogP contribution >= 0.6 is 11.8 Å². The minimum Gasteiger partial charge on any atom is -0.496 e. The Labute approximate surface area is 81.0 Å². The number of rotatable bonds is 3. The summed E-state index contributed by atoms with van der Waals surface area (Å²) in [5.41, 5.74) is 1.09. The zero-order valence-electron chi connectivity index (χ0n) is 7.48. The summed E-state index contributed by atoms with van der Waals surface area (Å²) >= 11 is 5.32. The van der Waals surface area contributed by atoms with Crippen LogP contribution in [0.25, 0.3) is 0 Å². The molecule has 0 unspecified atom stereocenters. The van der Waals surface area contributed by atoms with Crippen molar-refractivity contribution in [1.82, 2.24) is 9.82 Å². The molecule has 0 amide bonds. The van der Waals surface area contributed by atoms with Crippen molar-refractivity contribution in [2.45, 2.75) is 13.5 Å². The maximum absolute atomic E-state index is 11.4.